The van der Waals surface area contributed by atoms with Crippen LogP contribution in [0.1, 0.15) is 24.8 Å². The van der Waals surface area contributed by atoms with Gasteiger partial charge in [-0.1, -0.05) is 30.7 Å². The van der Waals surface area contributed by atoms with E-state index in [2.05, 4.69) is 35.1 Å². The Morgan fingerprint density at radius 1 is 1.04 bits per heavy atom. The van der Waals surface area contributed by atoms with E-state index in [1.165, 1.54) is 24.8 Å². The van der Waals surface area contributed by atoms with E-state index in [1.807, 2.05) is 24.3 Å². The predicted octanol–water partition coefficient (Wildman–Crippen LogP) is 4.41. The number of nitrogens with one attached hydrogen (secondary N) is 1. The number of nitrogens with zero attached hydrogens (tertiary/aromatic N) is 2. The average molecular weight is 365 g/mol. The smallest absolute Gasteiger partial charge is 0.203 e. The Balaban J connectivity index is 1.57. The summed E-state index contributed by atoms with van der Waals surface area (Å²) in [5.41, 5.74) is 3.27. The molecule has 0 aliphatic heterocycles. The summed E-state index contributed by atoms with van der Waals surface area (Å²) in [6, 6.07) is 14.8. The van der Waals surface area contributed by atoms with Crippen molar-refractivity contribution in [2.24, 2.45) is 13.0 Å². The Morgan fingerprint density at radius 3 is 2.63 bits per heavy atom. The lowest BCUT2D eigenvalue weighted by atomic mass is 9.94. The molecular formula is C22H27N3O2. The quantitative estimate of drug-likeness (QED) is 0.703. The number of benzene rings is 2. The summed E-state index contributed by atoms with van der Waals surface area (Å²) in [7, 11) is 5.49. The lowest BCUT2D eigenvalue weighted by molar-refractivity contribution is 0.402. The minimum atomic E-state index is 0.413. The van der Waals surface area contributed by atoms with Crippen LogP contribution in [0, 0.1) is 5.92 Å². The second kappa shape index (κ2) is 7.51. The van der Waals surface area contributed by atoms with E-state index in [4.69, 9.17) is 14.5 Å². The maximum absolute atomic E-state index is 5.54. The van der Waals surface area contributed by atoms with Gasteiger partial charge in [-0.15, -0.1) is 0 Å². The molecule has 0 radical (unpaired) electrons. The van der Waals surface area contributed by atoms with E-state index in [9.17, 15) is 0 Å². The molecule has 1 fully saturated rings. The van der Waals surface area contributed by atoms with Crippen molar-refractivity contribution in [1.29, 1.82) is 0 Å². The predicted molar refractivity (Wildman–Crippen MR) is 109 cm³/mol. The number of para-hydroxylation sites is 2. The number of fused-ring (bicyclic) bond motifs is 1. The molecule has 2 unspecified atom stereocenters. The Hall–Kier alpha value is -2.69. The number of hydrogen-bond acceptors (Lipinski definition) is 4. The molecule has 0 amide bonds. The van der Waals surface area contributed by atoms with Crippen molar-refractivity contribution in [3.8, 4) is 11.5 Å². The maximum Gasteiger partial charge on any atom is 0.203 e. The van der Waals surface area contributed by atoms with E-state index in [-0.39, 0.29) is 0 Å². The van der Waals surface area contributed by atoms with E-state index in [0.29, 0.717) is 12.0 Å². The van der Waals surface area contributed by atoms with Gasteiger partial charge in [-0.05, 0) is 48.9 Å². The number of anilines is 1. The van der Waals surface area contributed by atoms with Gasteiger partial charge in [0.1, 0.15) is 17.0 Å². The third-order valence-electron chi connectivity index (χ3n) is 5.74. The van der Waals surface area contributed by atoms with Crippen LogP contribution < -0.4 is 14.8 Å². The summed E-state index contributed by atoms with van der Waals surface area (Å²) in [4.78, 5) is 4.82. The zero-order chi connectivity index (χ0) is 18.8. The van der Waals surface area contributed by atoms with Gasteiger partial charge in [-0.3, -0.25) is 0 Å². The maximum atomic E-state index is 5.54. The zero-order valence-electron chi connectivity index (χ0n) is 16.2. The van der Waals surface area contributed by atoms with Gasteiger partial charge in [0, 0.05) is 13.1 Å². The largest absolute Gasteiger partial charge is 0.496 e. The van der Waals surface area contributed by atoms with Crippen LogP contribution in [-0.4, -0.2) is 29.8 Å². The number of methoxy groups -OCH3 is 2. The molecule has 0 saturated heterocycles. The lowest BCUT2D eigenvalue weighted by Crippen LogP contribution is -2.27. The fourth-order valence-electron chi connectivity index (χ4n) is 4.27. The van der Waals surface area contributed by atoms with E-state index in [0.717, 1.165) is 34.9 Å². The fourth-order valence-corrected chi connectivity index (χ4v) is 4.27. The van der Waals surface area contributed by atoms with Crippen molar-refractivity contribution in [1.82, 2.24) is 9.55 Å². The summed E-state index contributed by atoms with van der Waals surface area (Å²) in [5, 5.41) is 3.71. The highest BCUT2D eigenvalue weighted by Gasteiger charge is 2.29. The van der Waals surface area contributed by atoms with Crippen LogP contribution in [-0.2, 0) is 13.5 Å². The third-order valence-corrected chi connectivity index (χ3v) is 5.74. The molecule has 142 valence electrons. The molecule has 1 aliphatic carbocycles. The summed E-state index contributed by atoms with van der Waals surface area (Å²) in [6.45, 7) is 0. The Kier molecular flexibility index (Phi) is 4.92. The van der Waals surface area contributed by atoms with Crippen molar-refractivity contribution < 1.29 is 9.47 Å². The first-order chi connectivity index (χ1) is 13.2. The number of hydrogen-bond donors (Lipinski definition) is 1. The molecule has 4 rings (SSSR count). The summed E-state index contributed by atoms with van der Waals surface area (Å²) in [6.07, 6.45) is 4.66. The molecule has 5 nitrogen and oxygen atoms in total. The minimum absolute atomic E-state index is 0.413. The van der Waals surface area contributed by atoms with Crippen molar-refractivity contribution >= 4 is 17.0 Å². The highest BCUT2D eigenvalue weighted by Crippen LogP contribution is 2.34. The van der Waals surface area contributed by atoms with Crippen LogP contribution in [0.5, 0.6) is 11.5 Å². The van der Waals surface area contributed by atoms with E-state index >= 15 is 0 Å². The third kappa shape index (κ3) is 3.34. The van der Waals surface area contributed by atoms with Crippen LogP contribution in [0.15, 0.2) is 42.5 Å². The second-order valence-corrected chi connectivity index (χ2v) is 7.28. The van der Waals surface area contributed by atoms with Crippen molar-refractivity contribution in [2.75, 3.05) is 19.5 Å². The van der Waals surface area contributed by atoms with E-state index < -0.39 is 0 Å². The highest BCUT2D eigenvalue weighted by atomic mass is 16.5. The van der Waals surface area contributed by atoms with Crippen molar-refractivity contribution in [3.05, 3.63) is 48.0 Å². The second-order valence-electron chi connectivity index (χ2n) is 7.28. The fraction of sp³-hybridized carbons (Fsp3) is 0.409. The van der Waals surface area contributed by atoms with E-state index in [1.54, 1.807) is 14.2 Å². The minimum Gasteiger partial charge on any atom is -0.496 e. The molecule has 5 heteroatoms. The Labute approximate surface area is 160 Å². The Morgan fingerprint density at radius 2 is 1.81 bits per heavy atom. The summed E-state index contributed by atoms with van der Waals surface area (Å²) in [5.74, 6) is 3.28. The molecule has 2 aromatic carbocycles. The monoisotopic (exact) mass is 365 g/mol. The molecule has 0 bridgehead atoms. The van der Waals surface area contributed by atoms with Crippen molar-refractivity contribution in [3.63, 3.8) is 0 Å². The SMILES string of the molecule is COc1ccccc1CC1CCCC1Nc1nc2c(OC)cccc2n1C. The van der Waals surface area contributed by atoms with Crippen molar-refractivity contribution in [2.45, 2.75) is 31.7 Å². The van der Waals surface area contributed by atoms with Gasteiger partial charge in [-0.25, -0.2) is 4.98 Å². The number of aromatic nitrogens is 2. The first kappa shape index (κ1) is 17.7. The van der Waals surface area contributed by atoms with Gasteiger partial charge in [-0.2, -0.15) is 0 Å². The summed E-state index contributed by atoms with van der Waals surface area (Å²) >= 11 is 0. The molecule has 0 spiro atoms. The van der Waals surface area contributed by atoms with Gasteiger partial charge in [0.05, 0.1) is 19.7 Å². The normalized spacial score (nSPS) is 19.4. The average Bonchev–Trinajstić information content (AvgIpc) is 3.27. The first-order valence-electron chi connectivity index (χ1n) is 9.59. The van der Waals surface area contributed by atoms with Crippen LogP contribution in [0.4, 0.5) is 5.95 Å². The van der Waals surface area contributed by atoms with Crippen LogP contribution in [0.25, 0.3) is 11.0 Å². The first-order valence-corrected chi connectivity index (χ1v) is 9.59. The molecule has 1 heterocycles. The highest BCUT2D eigenvalue weighted by molar-refractivity contribution is 5.84. The topological polar surface area (TPSA) is 48.3 Å². The van der Waals surface area contributed by atoms with Crippen LogP contribution in [0.2, 0.25) is 0 Å². The number of aryl methyl sites for hydroxylation is 1. The molecule has 1 saturated carbocycles. The molecule has 3 aromatic rings. The van der Waals surface area contributed by atoms with Gasteiger partial charge in [0.2, 0.25) is 5.95 Å². The van der Waals surface area contributed by atoms with Gasteiger partial charge in [0.15, 0.2) is 0 Å². The van der Waals surface area contributed by atoms with Gasteiger partial charge < -0.3 is 19.4 Å². The molecule has 1 aliphatic rings. The number of ether oxygens (including phenoxy) is 2. The molecule has 2 atom stereocenters. The Bertz CT molecular complexity index is 934. The van der Waals surface area contributed by atoms with Gasteiger partial charge in [0.25, 0.3) is 0 Å². The molecule has 1 N–H and O–H groups in total. The number of rotatable bonds is 6. The summed E-state index contributed by atoms with van der Waals surface area (Å²) < 4.78 is 13.1. The molecular weight excluding hydrogens is 338 g/mol. The zero-order valence-corrected chi connectivity index (χ0v) is 16.2. The van der Waals surface area contributed by atoms with Crippen LogP contribution in [0.3, 0.4) is 0 Å². The van der Waals surface area contributed by atoms with Crippen LogP contribution >= 0.6 is 0 Å². The number of imidazole rings is 1. The van der Waals surface area contributed by atoms with Gasteiger partial charge >= 0.3 is 0 Å². The molecule has 1 aromatic heterocycles. The standard InChI is InChI=1S/C22H27N3O2/c1-25-18-11-7-13-20(27-3)21(18)24-22(25)23-17-10-6-9-15(17)14-16-8-4-5-12-19(16)26-2/h4-5,7-8,11-13,15,17H,6,9-10,14H2,1-3H3,(H,23,24). The lowest BCUT2D eigenvalue weighted by Gasteiger charge is -2.22. The molecule has 27 heavy (non-hydrogen) atoms.